The third-order valence-electron chi connectivity index (χ3n) is 3.61. The van der Waals surface area contributed by atoms with Crippen LogP contribution in [0.15, 0.2) is 10.9 Å². The quantitative estimate of drug-likeness (QED) is 0.854. The average Bonchev–Trinajstić information content (AvgIpc) is 2.96. The van der Waals surface area contributed by atoms with Crippen molar-refractivity contribution in [2.45, 2.75) is 45.1 Å². The van der Waals surface area contributed by atoms with Crippen LogP contribution in [-0.4, -0.2) is 41.5 Å². The number of aromatic nitrogens is 1. The molecule has 2 rings (SSSR count). The number of hydrogen-bond donors (Lipinski definition) is 1. The summed E-state index contributed by atoms with van der Waals surface area (Å²) in [6.45, 7) is 5.09. The van der Waals surface area contributed by atoms with Gasteiger partial charge in [0, 0.05) is 24.4 Å². The summed E-state index contributed by atoms with van der Waals surface area (Å²) in [6, 6.07) is 0.434. The number of hydrogen-bond acceptors (Lipinski definition) is 4. The maximum Gasteiger partial charge on any atom is 0.223 e. The first-order valence-corrected chi connectivity index (χ1v) is 8.12. The van der Waals surface area contributed by atoms with Crippen LogP contribution in [0, 0.1) is 0 Å². The minimum atomic E-state index is 0. The predicted octanol–water partition coefficient (Wildman–Crippen LogP) is 2.91. The molecule has 4 nitrogen and oxygen atoms in total. The average molecular weight is 354 g/mol. The molecule has 0 aromatic carbocycles. The molecule has 2 heterocycles. The highest BCUT2D eigenvalue weighted by Crippen LogP contribution is 2.15. The van der Waals surface area contributed by atoms with E-state index in [1.807, 2.05) is 10.9 Å². The van der Waals surface area contributed by atoms with E-state index in [0.29, 0.717) is 18.4 Å². The van der Waals surface area contributed by atoms with Crippen LogP contribution in [0.2, 0.25) is 0 Å². The number of halogens is 2. The maximum absolute atomic E-state index is 12.4. The molecule has 0 bridgehead atoms. The smallest absolute Gasteiger partial charge is 0.223 e. The Kier molecular flexibility index (Phi) is 11.0. The normalized spacial score (nSPS) is 14.9. The van der Waals surface area contributed by atoms with Crippen molar-refractivity contribution in [1.29, 1.82) is 0 Å². The molecule has 0 atom stereocenters. The van der Waals surface area contributed by atoms with Gasteiger partial charge in [0.25, 0.3) is 0 Å². The van der Waals surface area contributed by atoms with Gasteiger partial charge >= 0.3 is 0 Å². The van der Waals surface area contributed by atoms with E-state index in [2.05, 4.69) is 22.1 Å². The van der Waals surface area contributed by atoms with E-state index >= 15 is 0 Å². The number of nitrogens with zero attached hydrogens (tertiary/aromatic N) is 2. The Morgan fingerprint density at radius 2 is 2.14 bits per heavy atom. The second kappa shape index (κ2) is 11.2. The predicted molar refractivity (Wildman–Crippen MR) is 92.8 cm³/mol. The second-order valence-corrected chi connectivity index (χ2v) is 5.77. The fourth-order valence-electron chi connectivity index (χ4n) is 2.61. The van der Waals surface area contributed by atoms with Crippen LogP contribution >= 0.6 is 36.2 Å². The first-order valence-electron chi connectivity index (χ1n) is 7.18. The largest absolute Gasteiger partial charge is 0.340 e. The molecule has 7 heteroatoms. The highest BCUT2D eigenvalue weighted by Gasteiger charge is 2.24. The van der Waals surface area contributed by atoms with Crippen molar-refractivity contribution in [3.63, 3.8) is 0 Å². The molecule has 0 unspecified atom stereocenters. The van der Waals surface area contributed by atoms with E-state index < -0.39 is 0 Å². The van der Waals surface area contributed by atoms with Gasteiger partial charge in [0.2, 0.25) is 5.91 Å². The molecule has 1 aromatic rings. The van der Waals surface area contributed by atoms with E-state index in [1.165, 1.54) is 0 Å². The summed E-state index contributed by atoms with van der Waals surface area (Å²) in [6.07, 6.45) is 4.57. The molecule has 122 valence electrons. The molecule has 1 aromatic heterocycles. The Hall–Kier alpha value is -0.360. The summed E-state index contributed by atoms with van der Waals surface area (Å²) >= 11 is 1.59. The van der Waals surface area contributed by atoms with Gasteiger partial charge in [-0.25, -0.2) is 4.98 Å². The van der Waals surface area contributed by atoms with Gasteiger partial charge in [-0.1, -0.05) is 6.92 Å². The van der Waals surface area contributed by atoms with E-state index in [9.17, 15) is 4.79 Å². The number of thiazole rings is 1. The molecule has 0 spiro atoms. The highest BCUT2D eigenvalue weighted by molar-refractivity contribution is 7.07. The van der Waals surface area contributed by atoms with Crippen molar-refractivity contribution in [2.75, 3.05) is 19.6 Å². The van der Waals surface area contributed by atoms with Crippen LogP contribution in [0.4, 0.5) is 0 Å². The lowest BCUT2D eigenvalue weighted by atomic mass is 10.0. The fraction of sp³-hybridized carbons (Fsp3) is 0.714. The lowest BCUT2D eigenvalue weighted by molar-refractivity contribution is -0.134. The van der Waals surface area contributed by atoms with E-state index in [-0.39, 0.29) is 24.8 Å². The first-order chi connectivity index (χ1) is 9.31. The summed E-state index contributed by atoms with van der Waals surface area (Å²) in [5, 5.41) is 5.39. The number of piperidine rings is 1. The van der Waals surface area contributed by atoms with Crippen molar-refractivity contribution in [2.24, 2.45) is 0 Å². The van der Waals surface area contributed by atoms with Crippen LogP contribution < -0.4 is 5.32 Å². The number of carbonyl (C=O) groups is 1. The minimum absolute atomic E-state index is 0. The molecular formula is C14H25Cl2N3OS. The van der Waals surface area contributed by atoms with Crippen LogP contribution in [0.3, 0.4) is 0 Å². The maximum atomic E-state index is 12.4. The van der Waals surface area contributed by atoms with Crippen molar-refractivity contribution in [1.82, 2.24) is 15.2 Å². The van der Waals surface area contributed by atoms with Gasteiger partial charge in [0.05, 0.1) is 11.2 Å². The molecular weight excluding hydrogens is 329 g/mol. The van der Waals surface area contributed by atoms with Crippen LogP contribution in [0.1, 0.15) is 38.3 Å². The zero-order chi connectivity index (χ0) is 13.5. The molecule has 1 aliphatic rings. The Bertz CT molecular complexity index is 384. The topological polar surface area (TPSA) is 45.2 Å². The third kappa shape index (κ3) is 6.51. The van der Waals surface area contributed by atoms with Gasteiger partial charge in [0.1, 0.15) is 0 Å². The molecule has 1 saturated heterocycles. The summed E-state index contributed by atoms with van der Waals surface area (Å²) < 4.78 is 0. The Labute approximate surface area is 143 Å². The van der Waals surface area contributed by atoms with E-state index in [1.54, 1.807) is 11.3 Å². The summed E-state index contributed by atoms with van der Waals surface area (Å²) in [7, 11) is 0. The van der Waals surface area contributed by atoms with Crippen molar-refractivity contribution >= 4 is 42.1 Å². The summed E-state index contributed by atoms with van der Waals surface area (Å²) in [4.78, 5) is 18.8. The zero-order valence-corrected chi connectivity index (χ0v) is 14.9. The molecule has 21 heavy (non-hydrogen) atoms. The Morgan fingerprint density at radius 1 is 1.43 bits per heavy atom. The minimum Gasteiger partial charge on any atom is -0.340 e. The Morgan fingerprint density at radius 3 is 2.71 bits per heavy atom. The molecule has 0 aliphatic carbocycles. The lowest BCUT2D eigenvalue weighted by Gasteiger charge is -2.34. The molecule has 0 saturated carbocycles. The van der Waals surface area contributed by atoms with Gasteiger partial charge < -0.3 is 10.2 Å². The number of carbonyl (C=O) groups excluding carboxylic acids is 1. The molecule has 1 amide bonds. The van der Waals surface area contributed by atoms with Crippen LogP contribution in [0.5, 0.6) is 0 Å². The summed E-state index contributed by atoms with van der Waals surface area (Å²) in [5.74, 6) is 0.293. The monoisotopic (exact) mass is 353 g/mol. The Balaban J connectivity index is 0.00000200. The standard InChI is InChI=1S/C14H23N3OS.2ClH/c1-2-9-17(13-5-7-15-8-6-13)14(18)4-3-12-10-19-11-16-12;;/h10-11,13,15H,2-9H2,1H3;2*1H. The zero-order valence-electron chi connectivity index (χ0n) is 12.4. The van der Waals surface area contributed by atoms with Crippen molar-refractivity contribution in [3.8, 4) is 0 Å². The van der Waals surface area contributed by atoms with Crippen LogP contribution in [0.25, 0.3) is 0 Å². The SMILES string of the molecule is CCCN(C(=O)CCc1cscn1)C1CCNCC1.Cl.Cl. The summed E-state index contributed by atoms with van der Waals surface area (Å²) in [5.41, 5.74) is 2.87. The van der Waals surface area contributed by atoms with Gasteiger partial charge in [-0.05, 0) is 38.8 Å². The van der Waals surface area contributed by atoms with Gasteiger partial charge in [-0.15, -0.1) is 36.2 Å². The van der Waals surface area contributed by atoms with E-state index in [4.69, 9.17) is 0 Å². The lowest BCUT2D eigenvalue weighted by Crippen LogP contribution is -2.46. The third-order valence-corrected chi connectivity index (χ3v) is 4.25. The van der Waals surface area contributed by atoms with Crippen LogP contribution in [-0.2, 0) is 11.2 Å². The molecule has 0 radical (unpaired) electrons. The van der Waals surface area contributed by atoms with Crippen molar-refractivity contribution < 1.29 is 4.79 Å². The number of aryl methyl sites for hydroxylation is 1. The first kappa shape index (κ1) is 20.6. The molecule has 1 N–H and O–H groups in total. The molecule has 1 aliphatic heterocycles. The highest BCUT2D eigenvalue weighted by atomic mass is 35.5. The van der Waals surface area contributed by atoms with Crippen molar-refractivity contribution in [3.05, 3.63) is 16.6 Å². The van der Waals surface area contributed by atoms with E-state index in [0.717, 1.165) is 51.0 Å². The van der Waals surface area contributed by atoms with Gasteiger partial charge in [-0.2, -0.15) is 0 Å². The van der Waals surface area contributed by atoms with Gasteiger partial charge in [0.15, 0.2) is 0 Å². The number of nitrogens with one attached hydrogen (secondary N) is 1. The van der Waals surface area contributed by atoms with Gasteiger partial charge in [-0.3, -0.25) is 4.79 Å². The number of amides is 1. The fourth-order valence-corrected chi connectivity index (χ4v) is 3.20. The number of rotatable bonds is 6. The molecule has 1 fully saturated rings. The second-order valence-electron chi connectivity index (χ2n) is 5.05.